The van der Waals surface area contributed by atoms with Crippen LogP contribution < -0.4 is 11.5 Å². The molecule has 2 unspecified atom stereocenters. The second kappa shape index (κ2) is 4.21. The van der Waals surface area contributed by atoms with Crippen molar-refractivity contribution in [1.29, 1.82) is 0 Å². The Morgan fingerprint density at radius 1 is 1.36 bits per heavy atom. The summed E-state index contributed by atoms with van der Waals surface area (Å²) >= 11 is 0. The molecule has 0 radical (unpaired) electrons. The van der Waals surface area contributed by atoms with Crippen LogP contribution in [0.15, 0.2) is 24.3 Å². The smallest absolute Gasteiger partial charge is 0.248 e. The summed E-state index contributed by atoms with van der Waals surface area (Å²) in [4.78, 5) is 10.8. The number of aliphatic hydroxyl groups is 1. The number of hydrogen-bond donors (Lipinski definition) is 3. The van der Waals surface area contributed by atoms with Gasteiger partial charge in [-0.3, -0.25) is 4.79 Å². The summed E-state index contributed by atoms with van der Waals surface area (Å²) in [5, 5.41) is 9.24. The highest BCUT2D eigenvalue weighted by Gasteiger charge is 2.11. The molecule has 76 valence electrons. The first-order chi connectivity index (χ1) is 6.52. The third kappa shape index (κ3) is 2.31. The molecule has 0 fully saturated rings. The third-order valence-corrected chi connectivity index (χ3v) is 2.10. The fraction of sp³-hybridized carbons (Fsp3) is 0.300. The summed E-state index contributed by atoms with van der Waals surface area (Å²) in [5.74, 6) is -0.470. The van der Waals surface area contributed by atoms with Gasteiger partial charge in [-0.1, -0.05) is 12.1 Å². The largest absolute Gasteiger partial charge is 0.391 e. The molecule has 0 spiro atoms. The lowest BCUT2D eigenvalue weighted by molar-refractivity contribution is 0.100. The highest BCUT2D eigenvalue weighted by molar-refractivity contribution is 5.92. The minimum atomic E-state index is -0.616. The van der Waals surface area contributed by atoms with Gasteiger partial charge in [-0.2, -0.15) is 0 Å². The van der Waals surface area contributed by atoms with E-state index in [1.54, 1.807) is 31.2 Å². The van der Waals surface area contributed by atoms with E-state index < -0.39 is 18.1 Å². The first-order valence-corrected chi connectivity index (χ1v) is 4.36. The molecule has 4 heteroatoms. The van der Waals surface area contributed by atoms with Crippen molar-refractivity contribution in [1.82, 2.24) is 0 Å². The van der Waals surface area contributed by atoms with Crippen LogP contribution in [-0.4, -0.2) is 17.1 Å². The van der Waals surface area contributed by atoms with Gasteiger partial charge in [0.2, 0.25) is 5.91 Å². The van der Waals surface area contributed by atoms with Crippen LogP contribution in [0.5, 0.6) is 0 Å². The van der Waals surface area contributed by atoms with Crippen LogP contribution >= 0.6 is 0 Å². The topological polar surface area (TPSA) is 89.3 Å². The van der Waals surface area contributed by atoms with Crippen molar-refractivity contribution in [3.05, 3.63) is 35.4 Å². The molecule has 0 heterocycles. The number of carbonyl (C=O) groups excluding carboxylic acids is 1. The Morgan fingerprint density at radius 3 is 2.21 bits per heavy atom. The van der Waals surface area contributed by atoms with Crippen LogP contribution in [0.4, 0.5) is 0 Å². The molecule has 14 heavy (non-hydrogen) atoms. The summed E-state index contributed by atoms with van der Waals surface area (Å²) in [7, 11) is 0. The van der Waals surface area contributed by atoms with Gasteiger partial charge in [0.05, 0.1) is 12.1 Å². The highest BCUT2D eigenvalue weighted by Crippen LogP contribution is 2.14. The lowest BCUT2D eigenvalue weighted by Crippen LogP contribution is -2.23. The molecular weight excluding hydrogens is 180 g/mol. The summed E-state index contributed by atoms with van der Waals surface area (Å²) in [6, 6.07) is 6.14. The van der Waals surface area contributed by atoms with Crippen molar-refractivity contribution in [3.8, 4) is 0 Å². The number of carbonyl (C=O) groups is 1. The summed E-state index contributed by atoms with van der Waals surface area (Å²) in [6.07, 6.45) is -0.616. The van der Waals surface area contributed by atoms with Crippen molar-refractivity contribution < 1.29 is 9.90 Å². The fourth-order valence-electron chi connectivity index (χ4n) is 1.15. The van der Waals surface area contributed by atoms with Crippen molar-refractivity contribution >= 4 is 5.91 Å². The first kappa shape index (κ1) is 10.7. The molecule has 0 saturated carbocycles. The molecule has 1 amide bonds. The predicted molar refractivity (Wildman–Crippen MR) is 53.6 cm³/mol. The predicted octanol–water partition coefficient (Wildman–Crippen LogP) is 0.166. The zero-order chi connectivity index (χ0) is 10.7. The van der Waals surface area contributed by atoms with E-state index in [0.717, 1.165) is 5.56 Å². The van der Waals surface area contributed by atoms with Crippen LogP contribution in [0.3, 0.4) is 0 Å². The van der Waals surface area contributed by atoms with Crippen LogP contribution in [0.2, 0.25) is 0 Å². The molecule has 1 rings (SSSR count). The Hall–Kier alpha value is -1.39. The summed E-state index contributed by atoms with van der Waals surface area (Å²) in [6.45, 7) is 1.62. The second-order valence-electron chi connectivity index (χ2n) is 3.25. The highest BCUT2D eigenvalue weighted by atomic mass is 16.3. The lowest BCUT2D eigenvalue weighted by atomic mass is 10.0. The normalized spacial score (nSPS) is 14.8. The van der Waals surface area contributed by atoms with Crippen LogP contribution in [0, 0.1) is 0 Å². The molecule has 0 aliphatic rings. The van der Waals surface area contributed by atoms with Crippen molar-refractivity contribution in [2.24, 2.45) is 11.5 Å². The van der Waals surface area contributed by atoms with Crippen molar-refractivity contribution in [2.45, 2.75) is 19.1 Å². The molecule has 2 atom stereocenters. The molecular formula is C10H14N2O2. The quantitative estimate of drug-likeness (QED) is 0.640. The van der Waals surface area contributed by atoms with Crippen LogP contribution in [0.1, 0.15) is 28.9 Å². The van der Waals surface area contributed by atoms with Crippen LogP contribution in [-0.2, 0) is 0 Å². The van der Waals surface area contributed by atoms with E-state index in [1.165, 1.54) is 0 Å². The Balaban J connectivity index is 2.88. The van der Waals surface area contributed by atoms with Gasteiger partial charge in [0.15, 0.2) is 0 Å². The maximum absolute atomic E-state index is 10.8. The zero-order valence-corrected chi connectivity index (χ0v) is 7.97. The number of aliphatic hydroxyl groups excluding tert-OH is 1. The minimum absolute atomic E-state index is 0.433. The second-order valence-corrected chi connectivity index (χ2v) is 3.25. The van der Waals surface area contributed by atoms with Gasteiger partial charge < -0.3 is 16.6 Å². The standard InChI is InChI=1S/C10H14N2O2/c1-6(13)9(11)7-2-4-8(5-3-7)10(12)14/h2-6,9,13H,11H2,1H3,(H2,12,14). The summed E-state index contributed by atoms with van der Waals surface area (Å²) in [5.41, 5.74) is 12.0. The third-order valence-electron chi connectivity index (χ3n) is 2.10. The van der Waals surface area contributed by atoms with Gasteiger partial charge >= 0.3 is 0 Å². The Bertz CT molecular complexity index is 319. The van der Waals surface area contributed by atoms with E-state index in [1.807, 2.05) is 0 Å². The molecule has 5 N–H and O–H groups in total. The van der Waals surface area contributed by atoms with E-state index in [0.29, 0.717) is 5.56 Å². The molecule has 0 aliphatic heterocycles. The van der Waals surface area contributed by atoms with Crippen molar-refractivity contribution in [2.75, 3.05) is 0 Å². The number of primary amides is 1. The Labute approximate surface area is 82.5 Å². The number of benzene rings is 1. The lowest BCUT2D eigenvalue weighted by Gasteiger charge is -2.14. The van der Waals surface area contributed by atoms with Gasteiger partial charge in [0.1, 0.15) is 0 Å². The molecule has 0 bridgehead atoms. The molecule has 0 aromatic heterocycles. The fourth-order valence-corrected chi connectivity index (χ4v) is 1.15. The molecule has 0 saturated heterocycles. The maximum atomic E-state index is 10.8. The monoisotopic (exact) mass is 194 g/mol. The zero-order valence-electron chi connectivity index (χ0n) is 7.97. The molecule has 1 aromatic rings. The maximum Gasteiger partial charge on any atom is 0.248 e. The SMILES string of the molecule is CC(O)C(N)c1ccc(C(N)=O)cc1. The molecule has 4 nitrogen and oxygen atoms in total. The Kier molecular flexibility index (Phi) is 3.22. The molecule has 0 aliphatic carbocycles. The van der Waals surface area contributed by atoms with E-state index in [4.69, 9.17) is 11.5 Å². The van der Waals surface area contributed by atoms with E-state index in [2.05, 4.69) is 0 Å². The average Bonchev–Trinajstić information content (AvgIpc) is 2.16. The van der Waals surface area contributed by atoms with Gasteiger partial charge in [-0.25, -0.2) is 0 Å². The average molecular weight is 194 g/mol. The minimum Gasteiger partial charge on any atom is -0.391 e. The van der Waals surface area contributed by atoms with Gasteiger partial charge in [0.25, 0.3) is 0 Å². The molecule has 1 aromatic carbocycles. The van der Waals surface area contributed by atoms with Crippen molar-refractivity contribution in [3.63, 3.8) is 0 Å². The van der Waals surface area contributed by atoms with Gasteiger partial charge in [0, 0.05) is 5.56 Å². The van der Waals surface area contributed by atoms with Gasteiger partial charge in [-0.15, -0.1) is 0 Å². The van der Waals surface area contributed by atoms with Gasteiger partial charge in [-0.05, 0) is 24.6 Å². The number of hydrogen-bond acceptors (Lipinski definition) is 3. The number of amides is 1. The number of rotatable bonds is 3. The van der Waals surface area contributed by atoms with Crippen LogP contribution in [0.25, 0.3) is 0 Å². The summed E-state index contributed by atoms with van der Waals surface area (Å²) < 4.78 is 0. The van der Waals surface area contributed by atoms with E-state index in [-0.39, 0.29) is 0 Å². The number of nitrogens with two attached hydrogens (primary N) is 2. The van der Waals surface area contributed by atoms with E-state index >= 15 is 0 Å². The first-order valence-electron chi connectivity index (χ1n) is 4.36. The van der Waals surface area contributed by atoms with E-state index in [9.17, 15) is 9.90 Å². The Morgan fingerprint density at radius 2 is 1.86 bits per heavy atom.